The average molecular weight is 340 g/mol. The van der Waals surface area contributed by atoms with Gasteiger partial charge in [0, 0.05) is 4.47 Å². The molecule has 0 bridgehead atoms. The quantitative estimate of drug-likeness (QED) is 0.556. The lowest BCUT2D eigenvalue weighted by Crippen LogP contribution is -2.56. The Kier molecular flexibility index (Phi) is 5.26. The summed E-state index contributed by atoms with van der Waals surface area (Å²) >= 11 is 3.18. The van der Waals surface area contributed by atoms with E-state index in [0.717, 1.165) is 4.47 Å². The molecule has 0 unspecified atom stereocenters. The zero-order valence-electron chi connectivity index (χ0n) is 9.38. The van der Waals surface area contributed by atoms with E-state index in [1.54, 1.807) is 12.1 Å². The normalized spacial score (nSPS) is 12.7. The molecule has 4 N–H and O–H groups in total. The summed E-state index contributed by atoms with van der Waals surface area (Å²) in [7, 11) is -3.92. The lowest BCUT2D eigenvalue weighted by molar-refractivity contribution is 0.0582. The molecule has 0 aliphatic heterocycles. The summed E-state index contributed by atoms with van der Waals surface area (Å²) in [6, 6.07) is 5.83. The van der Waals surface area contributed by atoms with Crippen LogP contribution < -0.4 is 4.72 Å². The van der Waals surface area contributed by atoms with E-state index in [1.165, 1.54) is 12.1 Å². The van der Waals surface area contributed by atoms with Gasteiger partial charge in [-0.1, -0.05) is 15.9 Å². The first-order chi connectivity index (χ1) is 8.39. The minimum absolute atomic E-state index is 0.0228. The second-order valence-electron chi connectivity index (χ2n) is 3.81. The van der Waals surface area contributed by atoms with E-state index in [2.05, 4.69) is 20.7 Å². The number of rotatable bonds is 6. The molecule has 102 valence electrons. The van der Waals surface area contributed by atoms with E-state index in [4.69, 9.17) is 15.3 Å². The molecule has 0 saturated carbocycles. The highest BCUT2D eigenvalue weighted by Gasteiger charge is 2.33. The molecule has 0 aliphatic carbocycles. The number of halogens is 1. The highest BCUT2D eigenvalue weighted by atomic mass is 79.9. The number of benzene rings is 1. The first kappa shape index (κ1) is 15.5. The molecule has 18 heavy (non-hydrogen) atoms. The van der Waals surface area contributed by atoms with Gasteiger partial charge in [-0.05, 0) is 24.3 Å². The van der Waals surface area contributed by atoms with Crippen molar-refractivity contribution in [1.29, 1.82) is 0 Å². The molecule has 1 rings (SSSR count). The topological polar surface area (TPSA) is 107 Å². The van der Waals surface area contributed by atoms with Gasteiger partial charge in [0.05, 0.1) is 24.7 Å². The standard InChI is InChI=1S/C10H14BrNO5S/c11-8-1-3-9(4-2-8)18(16,17)12-10(5-13,6-14)7-15/h1-4,12-15H,5-7H2. The zero-order chi connectivity index (χ0) is 13.8. The predicted octanol–water partition coefficient (Wildman–Crippen LogP) is -0.557. The summed E-state index contributed by atoms with van der Waals surface area (Å²) in [5.74, 6) is 0. The summed E-state index contributed by atoms with van der Waals surface area (Å²) in [5, 5.41) is 27.2. The van der Waals surface area contributed by atoms with E-state index < -0.39 is 35.4 Å². The summed E-state index contributed by atoms with van der Waals surface area (Å²) in [6.07, 6.45) is 0. The van der Waals surface area contributed by atoms with Crippen molar-refractivity contribution in [2.45, 2.75) is 10.4 Å². The Hall–Kier alpha value is -0.510. The van der Waals surface area contributed by atoms with Crippen LogP contribution in [0.15, 0.2) is 33.6 Å². The fourth-order valence-corrected chi connectivity index (χ4v) is 2.84. The second kappa shape index (κ2) is 6.09. The minimum Gasteiger partial charge on any atom is -0.394 e. The Morgan fingerprint density at radius 3 is 1.89 bits per heavy atom. The van der Waals surface area contributed by atoms with Gasteiger partial charge in [-0.15, -0.1) is 0 Å². The molecule has 1 aromatic rings. The van der Waals surface area contributed by atoms with Gasteiger partial charge >= 0.3 is 0 Å². The first-order valence-corrected chi connectivity index (χ1v) is 7.29. The van der Waals surface area contributed by atoms with Gasteiger partial charge in [-0.25, -0.2) is 8.42 Å². The van der Waals surface area contributed by atoms with Crippen molar-refractivity contribution in [3.8, 4) is 0 Å². The Balaban J connectivity index is 3.04. The fraction of sp³-hybridized carbons (Fsp3) is 0.400. The largest absolute Gasteiger partial charge is 0.394 e. The van der Waals surface area contributed by atoms with Crippen LogP contribution in [0.5, 0.6) is 0 Å². The molecule has 8 heteroatoms. The predicted molar refractivity (Wildman–Crippen MR) is 68.5 cm³/mol. The van der Waals surface area contributed by atoms with Crippen LogP contribution in [0.25, 0.3) is 0 Å². The van der Waals surface area contributed by atoms with E-state index in [9.17, 15) is 8.42 Å². The van der Waals surface area contributed by atoms with Crippen LogP contribution in [-0.2, 0) is 10.0 Å². The van der Waals surface area contributed by atoms with Crippen molar-refractivity contribution in [1.82, 2.24) is 4.72 Å². The smallest absolute Gasteiger partial charge is 0.241 e. The van der Waals surface area contributed by atoms with Crippen molar-refractivity contribution >= 4 is 26.0 Å². The molecule has 0 amide bonds. The van der Waals surface area contributed by atoms with Crippen molar-refractivity contribution in [3.05, 3.63) is 28.7 Å². The van der Waals surface area contributed by atoms with Crippen molar-refractivity contribution < 1.29 is 23.7 Å². The Morgan fingerprint density at radius 2 is 1.50 bits per heavy atom. The van der Waals surface area contributed by atoms with E-state index in [0.29, 0.717) is 0 Å². The van der Waals surface area contributed by atoms with Crippen LogP contribution in [-0.4, -0.2) is 49.1 Å². The van der Waals surface area contributed by atoms with Gasteiger partial charge in [0.1, 0.15) is 5.54 Å². The number of aliphatic hydroxyl groups excluding tert-OH is 3. The van der Waals surface area contributed by atoms with Gasteiger partial charge in [-0.2, -0.15) is 4.72 Å². The van der Waals surface area contributed by atoms with E-state index in [1.807, 2.05) is 0 Å². The molecule has 6 nitrogen and oxygen atoms in total. The Morgan fingerprint density at radius 1 is 1.06 bits per heavy atom. The number of nitrogens with one attached hydrogen (secondary N) is 1. The summed E-state index contributed by atoms with van der Waals surface area (Å²) < 4.78 is 26.8. The van der Waals surface area contributed by atoms with E-state index >= 15 is 0 Å². The van der Waals surface area contributed by atoms with Gasteiger partial charge in [-0.3, -0.25) is 0 Å². The number of aliphatic hydroxyl groups is 3. The molecule has 1 aromatic carbocycles. The molecule has 0 spiro atoms. The van der Waals surface area contributed by atoms with Crippen LogP contribution in [0, 0.1) is 0 Å². The van der Waals surface area contributed by atoms with E-state index in [-0.39, 0.29) is 4.90 Å². The first-order valence-electron chi connectivity index (χ1n) is 5.01. The fourth-order valence-electron chi connectivity index (χ4n) is 1.20. The molecule has 0 heterocycles. The number of sulfonamides is 1. The van der Waals surface area contributed by atoms with Gasteiger partial charge in [0.25, 0.3) is 0 Å². The molecule has 0 aromatic heterocycles. The molecule has 0 fully saturated rings. The van der Waals surface area contributed by atoms with Crippen molar-refractivity contribution in [2.24, 2.45) is 0 Å². The van der Waals surface area contributed by atoms with Crippen LogP contribution in [0.1, 0.15) is 0 Å². The second-order valence-corrected chi connectivity index (χ2v) is 6.41. The zero-order valence-corrected chi connectivity index (χ0v) is 11.8. The Bertz CT molecular complexity index is 475. The maximum atomic E-state index is 12.0. The third kappa shape index (κ3) is 3.50. The van der Waals surface area contributed by atoms with Crippen LogP contribution >= 0.6 is 15.9 Å². The molecule has 0 atom stereocenters. The van der Waals surface area contributed by atoms with Crippen LogP contribution in [0.3, 0.4) is 0 Å². The average Bonchev–Trinajstić information content (AvgIpc) is 2.37. The highest BCUT2D eigenvalue weighted by molar-refractivity contribution is 9.10. The van der Waals surface area contributed by atoms with Crippen LogP contribution in [0.2, 0.25) is 0 Å². The number of hydrogen-bond donors (Lipinski definition) is 4. The Labute approximate surface area is 113 Å². The molecular formula is C10H14BrNO5S. The SMILES string of the molecule is O=S(=O)(NC(CO)(CO)CO)c1ccc(Br)cc1. The van der Waals surface area contributed by atoms with Crippen LogP contribution in [0.4, 0.5) is 0 Å². The summed E-state index contributed by atoms with van der Waals surface area (Å²) in [4.78, 5) is -0.0228. The molecule has 0 radical (unpaired) electrons. The third-order valence-electron chi connectivity index (χ3n) is 2.38. The van der Waals surface area contributed by atoms with Gasteiger partial charge in [0.2, 0.25) is 10.0 Å². The van der Waals surface area contributed by atoms with Gasteiger partial charge in [0.15, 0.2) is 0 Å². The molecular weight excluding hydrogens is 326 g/mol. The third-order valence-corrected chi connectivity index (χ3v) is 4.51. The molecule has 0 saturated heterocycles. The maximum Gasteiger partial charge on any atom is 0.241 e. The van der Waals surface area contributed by atoms with Crippen molar-refractivity contribution in [2.75, 3.05) is 19.8 Å². The summed E-state index contributed by atoms with van der Waals surface area (Å²) in [6.45, 7) is -2.14. The molecule has 0 aliphatic rings. The lowest BCUT2D eigenvalue weighted by atomic mass is 10.1. The highest BCUT2D eigenvalue weighted by Crippen LogP contribution is 2.16. The number of hydrogen-bond acceptors (Lipinski definition) is 5. The maximum absolute atomic E-state index is 12.0. The monoisotopic (exact) mass is 339 g/mol. The van der Waals surface area contributed by atoms with Gasteiger partial charge < -0.3 is 15.3 Å². The lowest BCUT2D eigenvalue weighted by Gasteiger charge is -2.28. The minimum atomic E-state index is -3.92. The summed E-state index contributed by atoms with van der Waals surface area (Å²) in [5.41, 5.74) is -1.67. The van der Waals surface area contributed by atoms with Crippen molar-refractivity contribution in [3.63, 3.8) is 0 Å².